The monoisotopic (exact) mass is 210 g/mol. The van der Waals surface area contributed by atoms with Gasteiger partial charge in [-0.1, -0.05) is 0 Å². The molecule has 0 spiro atoms. The van der Waals surface area contributed by atoms with Gasteiger partial charge in [0.25, 0.3) is 0 Å². The van der Waals surface area contributed by atoms with Crippen molar-refractivity contribution in [2.45, 2.75) is 11.7 Å². The Hall–Kier alpha value is -1.60. The Kier molecular flexibility index (Phi) is 1.58. The molecule has 0 N–H and O–H groups in total. The summed E-state index contributed by atoms with van der Waals surface area (Å²) in [5, 5.41) is 0. The molecule has 2 aliphatic rings. The fourth-order valence-corrected chi connectivity index (χ4v) is 1.05. The number of ether oxygens (including phenoxy) is 4. The Labute approximate surface area is 75.7 Å². The van der Waals surface area contributed by atoms with Crippen LogP contribution in [0.25, 0.3) is 0 Å². The second kappa shape index (κ2) is 2.46. The molecule has 2 aliphatic heterocycles. The molecule has 0 aromatic rings. The molecule has 6 nitrogen and oxygen atoms in total. The van der Waals surface area contributed by atoms with Gasteiger partial charge in [0.1, 0.15) is 0 Å². The summed E-state index contributed by atoms with van der Waals surface area (Å²) in [6.07, 6.45) is -2.74. The molecule has 0 radical (unpaired) electrons. The summed E-state index contributed by atoms with van der Waals surface area (Å²) >= 11 is 0. The van der Waals surface area contributed by atoms with E-state index in [9.17, 15) is 18.4 Å². The van der Waals surface area contributed by atoms with Crippen LogP contribution in [0.4, 0.5) is 18.4 Å². The highest BCUT2D eigenvalue weighted by Crippen LogP contribution is 2.40. The fourth-order valence-electron chi connectivity index (χ4n) is 1.05. The Morgan fingerprint density at radius 1 is 0.929 bits per heavy atom. The van der Waals surface area contributed by atoms with Gasteiger partial charge in [0.15, 0.2) is 13.2 Å². The van der Waals surface area contributed by atoms with E-state index in [0.717, 1.165) is 0 Å². The fraction of sp³-hybridized carbons (Fsp3) is 0.667. The largest absolute Gasteiger partial charge is 0.511 e. The van der Waals surface area contributed by atoms with Gasteiger partial charge < -0.3 is 18.9 Å². The van der Waals surface area contributed by atoms with Gasteiger partial charge in [0, 0.05) is 0 Å². The van der Waals surface area contributed by atoms with Crippen molar-refractivity contribution in [1.82, 2.24) is 0 Å². The number of carbonyl (C=O) groups is 2. The van der Waals surface area contributed by atoms with Crippen molar-refractivity contribution in [1.29, 1.82) is 0 Å². The molecule has 2 unspecified atom stereocenters. The van der Waals surface area contributed by atoms with Crippen molar-refractivity contribution in [2.75, 3.05) is 13.2 Å². The molecule has 78 valence electrons. The minimum atomic E-state index is -3.14. The van der Waals surface area contributed by atoms with E-state index in [1.54, 1.807) is 0 Å². The SMILES string of the molecule is O=C1OCC(F)(C2(F)COC(=O)O2)O1. The third-order valence-electron chi connectivity index (χ3n) is 1.80. The Balaban J connectivity index is 2.21. The van der Waals surface area contributed by atoms with Gasteiger partial charge in [-0.3, -0.25) is 0 Å². The van der Waals surface area contributed by atoms with Gasteiger partial charge in [-0.15, -0.1) is 0 Å². The lowest BCUT2D eigenvalue weighted by atomic mass is 10.1. The highest BCUT2D eigenvalue weighted by molar-refractivity contribution is 5.65. The molecular formula is C6H4F2O6. The van der Waals surface area contributed by atoms with Crippen LogP contribution in [-0.4, -0.2) is 37.2 Å². The average molecular weight is 210 g/mol. The zero-order chi connectivity index (χ0) is 10.4. The van der Waals surface area contributed by atoms with Crippen LogP contribution in [0.3, 0.4) is 0 Å². The summed E-state index contributed by atoms with van der Waals surface area (Å²) in [5.41, 5.74) is 0. The molecule has 0 saturated carbocycles. The topological polar surface area (TPSA) is 71.1 Å². The molecule has 2 atom stereocenters. The van der Waals surface area contributed by atoms with Crippen LogP contribution >= 0.6 is 0 Å². The maximum absolute atomic E-state index is 13.5. The lowest BCUT2D eigenvalue weighted by Crippen LogP contribution is -2.51. The molecule has 2 fully saturated rings. The Bertz CT molecular complexity index is 277. The quantitative estimate of drug-likeness (QED) is 0.591. The first-order chi connectivity index (χ1) is 6.45. The molecule has 2 rings (SSSR count). The third kappa shape index (κ3) is 1.06. The van der Waals surface area contributed by atoms with E-state index < -0.39 is 37.2 Å². The van der Waals surface area contributed by atoms with Crippen LogP contribution in [0, 0.1) is 0 Å². The van der Waals surface area contributed by atoms with Crippen molar-refractivity contribution >= 4 is 12.3 Å². The normalized spacial score (nSPS) is 41.3. The van der Waals surface area contributed by atoms with E-state index in [0.29, 0.717) is 0 Å². The molecule has 2 saturated heterocycles. The van der Waals surface area contributed by atoms with Crippen molar-refractivity contribution in [3.05, 3.63) is 0 Å². The number of halogens is 2. The van der Waals surface area contributed by atoms with Gasteiger partial charge in [-0.25, -0.2) is 9.59 Å². The van der Waals surface area contributed by atoms with E-state index in [1.807, 2.05) is 0 Å². The molecule has 0 aliphatic carbocycles. The summed E-state index contributed by atoms with van der Waals surface area (Å²) < 4.78 is 43.0. The smallest absolute Gasteiger partial charge is 0.427 e. The average Bonchev–Trinajstić information content (AvgIpc) is 2.59. The molecular weight excluding hydrogens is 206 g/mol. The zero-order valence-corrected chi connectivity index (χ0v) is 6.62. The summed E-state index contributed by atoms with van der Waals surface area (Å²) in [4.78, 5) is 20.8. The lowest BCUT2D eigenvalue weighted by molar-refractivity contribution is -0.254. The number of hydrogen-bond acceptors (Lipinski definition) is 6. The van der Waals surface area contributed by atoms with Gasteiger partial charge in [0.2, 0.25) is 0 Å². The van der Waals surface area contributed by atoms with Crippen molar-refractivity contribution < 1.29 is 37.3 Å². The molecule has 8 heteroatoms. The van der Waals surface area contributed by atoms with Gasteiger partial charge in [0.05, 0.1) is 0 Å². The van der Waals surface area contributed by atoms with Crippen LogP contribution in [0.2, 0.25) is 0 Å². The van der Waals surface area contributed by atoms with E-state index in [4.69, 9.17) is 0 Å². The summed E-state index contributed by atoms with van der Waals surface area (Å²) in [6, 6.07) is 0. The molecule has 14 heavy (non-hydrogen) atoms. The third-order valence-corrected chi connectivity index (χ3v) is 1.80. The number of alkyl halides is 2. The molecule has 2 heterocycles. The van der Waals surface area contributed by atoms with Crippen LogP contribution < -0.4 is 0 Å². The molecule has 0 aromatic heterocycles. The Morgan fingerprint density at radius 3 is 1.50 bits per heavy atom. The molecule has 0 bridgehead atoms. The molecule has 0 aromatic carbocycles. The van der Waals surface area contributed by atoms with Gasteiger partial charge >= 0.3 is 24.0 Å². The first-order valence-corrected chi connectivity index (χ1v) is 3.55. The minimum Gasteiger partial charge on any atom is -0.427 e. The van der Waals surface area contributed by atoms with Crippen LogP contribution in [0.15, 0.2) is 0 Å². The first-order valence-electron chi connectivity index (χ1n) is 3.55. The van der Waals surface area contributed by atoms with Crippen molar-refractivity contribution in [3.63, 3.8) is 0 Å². The second-order valence-corrected chi connectivity index (χ2v) is 2.74. The maximum atomic E-state index is 13.5. The van der Waals surface area contributed by atoms with E-state index >= 15 is 0 Å². The number of carbonyl (C=O) groups excluding carboxylic acids is 2. The summed E-state index contributed by atoms with van der Waals surface area (Å²) in [7, 11) is 0. The summed E-state index contributed by atoms with van der Waals surface area (Å²) in [6.45, 7) is -1.97. The Morgan fingerprint density at radius 2 is 1.29 bits per heavy atom. The van der Waals surface area contributed by atoms with Gasteiger partial charge in [-0.2, -0.15) is 8.78 Å². The highest BCUT2D eigenvalue weighted by Gasteiger charge is 2.68. The van der Waals surface area contributed by atoms with E-state index in [-0.39, 0.29) is 0 Å². The van der Waals surface area contributed by atoms with Gasteiger partial charge in [-0.05, 0) is 0 Å². The first kappa shape index (κ1) is 8.97. The predicted octanol–water partition coefficient (Wildman–Crippen LogP) is 0.652. The van der Waals surface area contributed by atoms with Crippen LogP contribution in [0.5, 0.6) is 0 Å². The second-order valence-electron chi connectivity index (χ2n) is 2.74. The highest BCUT2D eigenvalue weighted by atomic mass is 19.2. The van der Waals surface area contributed by atoms with E-state index in [2.05, 4.69) is 18.9 Å². The van der Waals surface area contributed by atoms with Crippen molar-refractivity contribution in [3.8, 4) is 0 Å². The number of rotatable bonds is 1. The maximum Gasteiger partial charge on any atom is 0.511 e. The van der Waals surface area contributed by atoms with Crippen LogP contribution in [0.1, 0.15) is 0 Å². The van der Waals surface area contributed by atoms with Crippen LogP contribution in [-0.2, 0) is 18.9 Å². The van der Waals surface area contributed by atoms with Crippen molar-refractivity contribution in [2.24, 2.45) is 0 Å². The number of cyclic esters (lactones) is 4. The van der Waals surface area contributed by atoms with E-state index in [1.165, 1.54) is 0 Å². The molecule has 0 amide bonds. The number of hydrogen-bond donors (Lipinski definition) is 0. The summed E-state index contributed by atoms with van der Waals surface area (Å²) in [5.74, 6) is -6.29. The zero-order valence-electron chi connectivity index (χ0n) is 6.62. The predicted molar refractivity (Wildman–Crippen MR) is 32.5 cm³/mol. The minimum absolute atomic E-state index is 0.987. The lowest BCUT2D eigenvalue weighted by Gasteiger charge is -2.24. The standard InChI is InChI=1S/C6H4F2O6/c7-5(1-11-3(9)13-5)6(8)2-12-4(10)14-6/h1-2H2.